The number of aryl methyl sites for hydroxylation is 1. The van der Waals surface area contributed by atoms with Gasteiger partial charge in [0.2, 0.25) is 12.0 Å². The molecule has 0 bridgehead atoms. The van der Waals surface area contributed by atoms with Gasteiger partial charge in [0.25, 0.3) is 5.91 Å². The van der Waals surface area contributed by atoms with Crippen LogP contribution >= 0.6 is 11.6 Å². The largest absolute Gasteiger partial charge is 0.460 e. The molecule has 2 aromatic carbocycles. The Labute approximate surface area is 194 Å². The van der Waals surface area contributed by atoms with Crippen LogP contribution in [0.4, 0.5) is 32.4 Å². The minimum atomic E-state index is -4.78. The molecule has 6 nitrogen and oxygen atoms in total. The molecule has 0 aliphatic rings. The summed E-state index contributed by atoms with van der Waals surface area (Å²) in [4.78, 5) is 27.8. The van der Waals surface area contributed by atoms with E-state index in [0.29, 0.717) is 0 Å². The normalized spacial score (nSPS) is 12.1. The third kappa shape index (κ3) is 5.98. The van der Waals surface area contributed by atoms with Gasteiger partial charge in [-0.15, -0.1) is 0 Å². The maximum Gasteiger partial charge on any atom is 0.429 e. The Kier molecular flexibility index (Phi) is 7.35. The SMILES string of the molecule is Cc1cc(NC(=O)NC(=O)c2c(F)cccc2F)cnc1OC(c1cccc(Cl)c1)C(F)(F)F. The van der Waals surface area contributed by atoms with Crippen molar-refractivity contribution in [3.05, 3.63) is 88.1 Å². The Morgan fingerprint density at radius 2 is 1.71 bits per heavy atom. The van der Waals surface area contributed by atoms with E-state index in [-0.39, 0.29) is 27.7 Å². The van der Waals surface area contributed by atoms with Crippen molar-refractivity contribution in [2.75, 3.05) is 5.32 Å². The Bertz CT molecular complexity index is 1220. The zero-order valence-electron chi connectivity index (χ0n) is 17.2. The molecule has 1 aromatic heterocycles. The van der Waals surface area contributed by atoms with Gasteiger partial charge in [0.05, 0.1) is 11.9 Å². The van der Waals surface area contributed by atoms with Gasteiger partial charge in [-0.25, -0.2) is 18.6 Å². The summed E-state index contributed by atoms with van der Waals surface area (Å²) < 4.78 is 73.2. The lowest BCUT2D eigenvalue weighted by Crippen LogP contribution is -2.35. The number of amides is 3. The number of hydrogen-bond acceptors (Lipinski definition) is 4. The van der Waals surface area contributed by atoms with Crippen molar-refractivity contribution in [1.29, 1.82) is 0 Å². The number of aromatic nitrogens is 1. The second-order valence-electron chi connectivity index (χ2n) is 6.95. The number of alkyl halides is 3. The number of nitrogens with one attached hydrogen (secondary N) is 2. The molecule has 1 heterocycles. The predicted molar refractivity (Wildman–Crippen MR) is 113 cm³/mol. The van der Waals surface area contributed by atoms with E-state index in [4.69, 9.17) is 16.3 Å². The van der Waals surface area contributed by atoms with E-state index in [0.717, 1.165) is 30.5 Å². The molecule has 1 atom stereocenters. The number of ether oxygens (including phenoxy) is 1. The van der Waals surface area contributed by atoms with Crippen LogP contribution in [-0.4, -0.2) is 23.1 Å². The van der Waals surface area contributed by atoms with Crippen LogP contribution in [-0.2, 0) is 0 Å². The molecule has 0 saturated heterocycles. The standard InChI is InChI=1S/C22H15ClF5N3O3/c1-11-8-14(30-21(33)31-19(32)17-15(24)6-3-7-16(17)25)10-29-20(11)34-18(22(26,27)28)12-4-2-5-13(23)9-12/h2-10,18H,1H3,(H2,30,31,32,33). The smallest absolute Gasteiger partial charge is 0.429 e. The summed E-state index contributed by atoms with van der Waals surface area (Å²) in [5.74, 6) is -4.02. The molecular formula is C22H15ClF5N3O3. The van der Waals surface area contributed by atoms with Crippen LogP contribution in [0.3, 0.4) is 0 Å². The number of anilines is 1. The first kappa shape index (κ1) is 24.9. The van der Waals surface area contributed by atoms with Gasteiger partial charge in [-0.2, -0.15) is 13.2 Å². The molecule has 0 aliphatic carbocycles. The first-order chi connectivity index (χ1) is 16.0. The number of carbonyl (C=O) groups is 2. The summed E-state index contributed by atoms with van der Waals surface area (Å²) in [7, 11) is 0. The lowest BCUT2D eigenvalue weighted by Gasteiger charge is -2.22. The monoisotopic (exact) mass is 499 g/mol. The maximum absolute atomic E-state index is 13.7. The zero-order chi connectivity index (χ0) is 25.0. The van der Waals surface area contributed by atoms with E-state index in [9.17, 15) is 31.5 Å². The highest BCUT2D eigenvalue weighted by Crippen LogP contribution is 2.38. The number of urea groups is 1. The molecule has 0 saturated carbocycles. The van der Waals surface area contributed by atoms with E-state index < -0.39 is 41.4 Å². The molecule has 3 rings (SSSR count). The van der Waals surface area contributed by atoms with Gasteiger partial charge >= 0.3 is 12.2 Å². The summed E-state index contributed by atoms with van der Waals surface area (Å²) in [6.45, 7) is 1.39. The molecular weight excluding hydrogens is 485 g/mol. The van der Waals surface area contributed by atoms with Gasteiger partial charge in [-0.3, -0.25) is 10.1 Å². The van der Waals surface area contributed by atoms with E-state index in [1.165, 1.54) is 31.2 Å². The number of pyridine rings is 1. The summed E-state index contributed by atoms with van der Waals surface area (Å²) in [6.07, 6.45) is -6.15. The first-order valence-electron chi connectivity index (χ1n) is 9.47. The Hall–Kier alpha value is -3.73. The van der Waals surface area contributed by atoms with Crippen LogP contribution in [0.15, 0.2) is 54.7 Å². The molecule has 0 radical (unpaired) electrons. The predicted octanol–water partition coefficient (Wildman–Crippen LogP) is 5.97. The van der Waals surface area contributed by atoms with Crippen molar-refractivity contribution in [2.45, 2.75) is 19.2 Å². The minimum Gasteiger partial charge on any atom is -0.460 e. The molecule has 0 spiro atoms. The molecule has 1 unspecified atom stereocenters. The van der Waals surface area contributed by atoms with Crippen LogP contribution in [0, 0.1) is 18.6 Å². The Morgan fingerprint density at radius 3 is 2.29 bits per heavy atom. The van der Waals surface area contributed by atoms with E-state index in [2.05, 4.69) is 10.3 Å². The van der Waals surface area contributed by atoms with Crippen LogP contribution in [0.25, 0.3) is 0 Å². The van der Waals surface area contributed by atoms with Crippen molar-refractivity contribution in [3.8, 4) is 5.88 Å². The highest BCUT2D eigenvalue weighted by atomic mass is 35.5. The maximum atomic E-state index is 13.7. The molecule has 12 heteroatoms. The molecule has 0 fully saturated rings. The van der Waals surface area contributed by atoms with Gasteiger partial charge < -0.3 is 10.1 Å². The molecule has 34 heavy (non-hydrogen) atoms. The topological polar surface area (TPSA) is 80.3 Å². The third-order valence-electron chi connectivity index (χ3n) is 4.38. The second kappa shape index (κ2) is 10.0. The number of nitrogens with zero attached hydrogens (tertiary/aromatic N) is 1. The van der Waals surface area contributed by atoms with Crippen molar-refractivity contribution in [1.82, 2.24) is 10.3 Å². The van der Waals surface area contributed by atoms with Gasteiger partial charge in [-0.1, -0.05) is 29.8 Å². The van der Waals surface area contributed by atoms with Gasteiger partial charge in [0, 0.05) is 16.1 Å². The molecule has 0 aliphatic heterocycles. The van der Waals surface area contributed by atoms with Crippen LogP contribution in [0.2, 0.25) is 5.02 Å². The fourth-order valence-corrected chi connectivity index (χ4v) is 3.10. The second-order valence-corrected chi connectivity index (χ2v) is 7.38. The summed E-state index contributed by atoms with van der Waals surface area (Å²) in [5.41, 5.74) is -1.08. The quantitative estimate of drug-likeness (QED) is 0.424. The van der Waals surface area contributed by atoms with Gasteiger partial charge in [0.15, 0.2) is 0 Å². The highest BCUT2D eigenvalue weighted by molar-refractivity contribution is 6.30. The Balaban J connectivity index is 1.73. The number of benzene rings is 2. The van der Waals surface area contributed by atoms with Crippen molar-refractivity contribution in [3.63, 3.8) is 0 Å². The molecule has 2 N–H and O–H groups in total. The first-order valence-corrected chi connectivity index (χ1v) is 9.85. The van der Waals surface area contributed by atoms with Crippen molar-refractivity contribution >= 4 is 29.2 Å². The summed E-state index contributed by atoms with van der Waals surface area (Å²) >= 11 is 5.78. The lowest BCUT2D eigenvalue weighted by atomic mass is 10.1. The fourth-order valence-electron chi connectivity index (χ4n) is 2.90. The number of carbonyl (C=O) groups excluding carboxylic acids is 2. The Morgan fingerprint density at radius 1 is 1.06 bits per heavy atom. The molecule has 178 valence electrons. The molecule has 3 aromatic rings. The van der Waals surface area contributed by atoms with E-state index in [1.807, 2.05) is 0 Å². The van der Waals surface area contributed by atoms with E-state index >= 15 is 0 Å². The van der Waals surface area contributed by atoms with Crippen molar-refractivity contribution in [2.24, 2.45) is 0 Å². The average Bonchev–Trinajstić information content (AvgIpc) is 2.72. The number of imide groups is 1. The lowest BCUT2D eigenvalue weighted by molar-refractivity contribution is -0.198. The number of rotatable bonds is 5. The molecule has 3 amide bonds. The number of hydrogen-bond donors (Lipinski definition) is 2. The third-order valence-corrected chi connectivity index (χ3v) is 4.62. The van der Waals surface area contributed by atoms with Crippen LogP contribution < -0.4 is 15.4 Å². The fraction of sp³-hybridized carbons (Fsp3) is 0.136. The highest BCUT2D eigenvalue weighted by Gasteiger charge is 2.43. The minimum absolute atomic E-state index is 0.0181. The van der Waals surface area contributed by atoms with Crippen LogP contribution in [0.1, 0.15) is 27.6 Å². The van der Waals surface area contributed by atoms with Gasteiger partial charge in [0.1, 0.15) is 17.2 Å². The summed E-state index contributed by atoms with van der Waals surface area (Å²) in [6, 6.07) is 7.92. The zero-order valence-corrected chi connectivity index (χ0v) is 18.0. The number of halogens is 6. The van der Waals surface area contributed by atoms with Crippen LogP contribution in [0.5, 0.6) is 5.88 Å². The van der Waals surface area contributed by atoms with Gasteiger partial charge in [-0.05, 0) is 37.3 Å². The average molecular weight is 500 g/mol. The summed E-state index contributed by atoms with van der Waals surface area (Å²) in [5, 5.41) is 4.04. The van der Waals surface area contributed by atoms with E-state index in [1.54, 1.807) is 5.32 Å². The van der Waals surface area contributed by atoms with Crippen molar-refractivity contribution < 1.29 is 36.3 Å².